The Morgan fingerprint density at radius 1 is 0.481 bits per heavy atom. The van der Waals surface area contributed by atoms with E-state index in [-0.39, 0.29) is 25.7 Å². The van der Waals surface area contributed by atoms with Gasteiger partial charge in [-0.15, -0.1) is 0 Å². The predicted molar refractivity (Wildman–Crippen MR) is 208 cm³/mol. The maximum atomic E-state index is 15.1. The van der Waals surface area contributed by atoms with Crippen molar-refractivity contribution in [3.8, 4) is 0 Å². The van der Waals surface area contributed by atoms with Crippen LogP contribution in [0.3, 0.4) is 0 Å². The number of carboxylic acids is 2. The van der Waals surface area contributed by atoms with Crippen LogP contribution >= 0.6 is 0 Å². The molecule has 10 nitrogen and oxygen atoms in total. The van der Waals surface area contributed by atoms with Crippen LogP contribution in [0, 0.1) is 46.3 Å². The lowest BCUT2D eigenvalue weighted by atomic mass is 9.47. The first kappa shape index (κ1) is 41.6. The molecule has 2 N–H and O–H groups in total. The molecule has 6 atom stereocenters. The largest absolute Gasteiger partial charge is 0.481 e. The van der Waals surface area contributed by atoms with E-state index in [1.165, 1.54) is 9.80 Å². The van der Waals surface area contributed by atoms with Gasteiger partial charge in [0.2, 0.25) is 23.6 Å². The van der Waals surface area contributed by atoms with Crippen LogP contribution in [0.25, 0.3) is 0 Å². The summed E-state index contributed by atoms with van der Waals surface area (Å²) in [6.45, 7) is 15.5. The number of carbonyl (C=O) groups excluding carboxylic acids is 4. The highest BCUT2D eigenvalue weighted by Crippen LogP contribution is 2.66. The van der Waals surface area contributed by atoms with Crippen molar-refractivity contribution in [2.45, 2.75) is 171 Å². The Morgan fingerprint density at radius 2 is 0.741 bits per heavy atom. The van der Waals surface area contributed by atoms with E-state index in [0.717, 1.165) is 0 Å². The number of amides is 4. The zero-order valence-electron chi connectivity index (χ0n) is 34.1. The molecule has 4 fully saturated rings. The Hall–Kier alpha value is -3.56. The van der Waals surface area contributed by atoms with Gasteiger partial charge in [0.15, 0.2) is 0 Å². The van der Waals surface area contributed by atoms with Crippen LogP contribution in [0.5, 0.6) is 0 Å². The molecule has 4 aliphatic rings. The first-order chi connectivity index (χ1) is 25.4. The van der Waals surface area contributed by atoms with Gasteiger partial charge in [-0.3, -0.25) is 28.8 Å². The van der Waals surface area contributed by atoms with Gasteiger partial charge in [-0.05, 0) is 108 Å². The summed E-state index contributed by atoms with van der Waals surface area (Å²) < 4.78 is 0. The fourth-order valence-electron chi connectivity index (χ4n) is 12.6. The third kappa shape index (κ3) is 6.22. The lowest BCUT2D eigenvalue weighted by Crippen LogP contribution is -2.67. The minimum atomic E-state index is -1.20. The Kier molecular flexibility index (Phi) is 11.4. The second-order valence-electron chi connectivity index (χ2n) is 18.2. The summed E-state index contributed by atoms with van der Waals surface area (Å²) >= 11 is 0. The van der Waals surface area contributed by atoms with Gasteiger partial charge in [-0.1, -0.05) is 86.1 Å². The molecule has 1 aromatic carbocycles. The highest BCUT2D eigenvalue weighted by molar-refractivity contribution is 6.24. The van der Waals surface area contributed by atoms with Crippen LogP contribution < -0.4 is 9.80 Å². The number of fused-ring (bicyclic) bond motifs is 4. The highest BCUT2D eigenvalue weighted by atomic mass is 16.4. The van der Waals surface area contributed by atoms with Gasteiger partial charge < -0.3 is 10.2 Å². The van der Waals surface area contributed by atoms with Crippen LogP contribution in [0.1, 0.15) is 168 Å². The molecule has 1 aromatic rings. The van der Waals surface area contributed by atoms with E-state index in [1.807, 2.05) is 61.5 Å². The lowest BCUT2D eigenvalue weighted by Gasteiger charge is -2.59. The van der Waals surface area contributed by atoms with E-state index in [9.17, 15) is 19.8 Å². The molecule has 5 rings (SSSR count). The van der Waals surface area contributed by atoms with Crippen molar-refractivity contribution in [2.75, 3.05) is 9.80 Å². The summed E-state index contributed by atoms with van der Waals surface area (Å²) in [5.41, 5.74) is -4.73. The normalized spacial score (nSPS) is 33.7. The number of anilines is 2. The van der Waals surface area contributed by atoms with Gasteiger partial charge in [0.25, 0.3) is 0 Å². The molecule has 0 spiro atoms. The number of nitrogens with zero attached hydrogens (tertiary/aromatic N) is 2. The van der Waals surface area contributed by atoms with Gasteiger partial charge in [0.1, 0.15) is 0 Å². The Balaban J connectivity index is 1.72. The molecule has 4 bridgehead atoms. The third-order valence-electron chi connectivity index (χ3n) is 14.0. The summed E-state index contributed by atoms with van der Waals surface area (Å²) in [5.74, 6) is -3.50. The number of aryl methyl sites for hydroxylation is 2. The Bertz CT molecular complexity index is 1530. The summed E-state index contributed by atoms with van der Waals surface area (Å²) in [6.07, 6.45) is 7.63. The minimum absolute atomic E-state index is 0.161. The number of piperidine rings is 2. The van der Waals surface area contributed by atoms with E-state index in [2.05, 4.69) is 0 Å². The SMILES string of the molecule is CCCC1(C(=O)O)C[C@@]2(CCC)C[C@@](CCC)(C1)C(=O)N(c1cc(N3C(=O)[C@@]4(CCC)CC(CCC)(C(=O)O)C[C@](CCC)(C4)C3=O)c(C)cc1C)C2=O. The van der Waals surface area contributed by atoms with Crippen LogP contribution in [0.2, 0.25) is 0 Å². The molecule has 0 aromatic heterocycles. The smallest absolute Gasteiger partial charge is 0.309 e. The van der Waals surface area contributed by atoms with Crippen molar-refractivity contribution in [3.63, 3.8) is 0 Å². The van der Waals surface area contributed by atoms with E-state index >= 15 is 19.2 Å². The Labute approximate surface area is 321 Å². The maximum Gasteiger partial charge on any atom is 0.309 e. The van der Waals surface area contributed by atoms with E-state index in [0.29, 0.717) is 112 Å². The third-order valence-corrected chi connectivity index (χ3v) is 14.0. The molecule has 2 aliphatic carbocycles. The maximum absolute atomic E-state index is 15.1. The standard InChI is InChI=1S/C44H64N2O8/c1-9-15-39-23-40(16-10-2,26-43(25-39,19-13-5)37(51)52)34(48)45(33(39)47)31-22-32(30(8)21-29(31)7)46-35(49)41(17-11-3)24-42(18-12-4,36(46)50)28-44(27-41,20-14-6)38(53)54/h21-22H,9-20,23-28H2,1-8H3,(H,51,52)(H,53,54)/t39-,40+,41-,42+,43?,44?. The number of hydrogen-bond donors (Lipinski definition) is 2. The van der Waals surface area contributed by atoms with Crippen molar-refractivity contribution in [2.24, 2.45) is 32.5 Å². The van der Waals surface area contributed by atoms with Crippen molar-refractivity contribution in [1.29, 1.82) is 0 Å². The summed E-state index contributed by atoms with van der Waals surface area (Å²) in [4.78, 5) is 89.3. The zero-order chi connectivity index (χ0) is 40.1. The van der Waals surface area contributed by atoms with Gasteiger partial charge in [0, 0.05) is 0 Å². The van der Waals surface area contributed by atoms with Crippen molar-refractivity contribution in [1.82, 2.24) is 0 Å². The molecule has 54 heavy (non-hydrogen) atoms. The zero-order valence-corrected chi connectivity index (χ0v) is 34.1. The second-order valence-corrected chi connectivity index (χ2v) is 18.2. The molecular weight excluding hydrogens is 684 g/mol. The lowest BCUT2D eigenvalue weighted by molar-refractivity contribution is -0.175. The number of rotatable bonds is 16. The van der Waals surface area contributed by atoms with Gasteiger partial charge in [-0.2, -0.15) is 0 Å². The monoisotopic (exact) mass is 748 g/mol. The van der Waals surface area contributed by atoms with Crippen LogP contribution in [-0.4, -0.2) is 45.8 Å². The van der Waals surface area contributed by atoms with Crippen molar-refractivity contribution < 1.29 is 39.0 Å². The van der Waals surface area contributed by atoms with E-state index < -0.39 is 68.1 Å². The van der Waals surface area contributed by atoms with Crippen LogP contribution in [0.15, 0.2) is 12.1 Å². The first-order valence-corrected chi connectivity index (χ1v) is 20.8. The number of carboxylic acid groups (broad SMARTS) is 2. The summed E-state index contributed by atoms with van der Waals surface area (Å²) in [7, 11) is 0. The number of benzene rings is 1. The fraction of sp³-hybridized carbons (Fsp3) is 0.727. The number of carbonyl (C=O) groups is 6. The van der Waals surface area contributed by atoms with E-state index in [4.69, 9.17) is 0 Å². The van der Waals surface area contributed by atoms with Crippen LogP contribution in [0.4, 0.5) is 11.4 Å². The average Bonchev–Trinajstić information content (AvgIpc) is 3.09. The molecule has 2 heterocycles. The molecule has 2 saturated carbocycles. The Morgan fingerprint density at radius 3 is 0.963 bits per heavy atom. The van der Waals surface area contributed by atoms with Gasteiger partial charge >= 0.3 is 11.9 Å². The minimum Gasteiger partial charge on any atom is -0.481 e. The molecule has 4 amide bonds. The van der Waals surface area contributed by atoms with Crippen LogP contribution in [-0.2, 0) is 28.8 Å². The molecule has 10 heteroatoms. The first-order valence-electron chi connectivity index (χ1n) is 20.8. The van der Waals surface area contributed by atoms with E-state index in [1.54, 1.807) is 6.07 Å². The molecule has 0 radical (unpaired) electrons. The average molecular weight is 749 g/mol. The quantitative estimate of drug-likeness (QED) is 0.159. The molecule has 2 aliphatic heterocycles. The van der Waals surface area contributed by atoms with Crippen molar-refractivity contribution in [3.05, 3.63) is 23.3 Å². The topological polar surface area (TPSA) is 149 Å². The van der Waals surface area contributed by atoms with Crippen molar-refractivity contribution >= 4 is 46.9 Å². The highest BCUT2D eigenvalue weighted by Gasteiger charge is 2.69. The fourth-order valence-corrected chi connectivity index (χ4v) is 12.6. The van der Waals surface area contributed by atoms with Gasteiger partial charge in [-0.25, -0.2) is 9.80 Å². The number of imide groups is 2. The number of hydrogen-bond acceptors (Lipinski definition) is 6. The summed E-state index contributed by atoms with van der Waals surface area (Å²) in [5, 5.41) is 21.5. The second kappa shape index (κ2) is 14.8. The molecule has 298 valence electrons. The summed E-state index contributed by atoms with van der Waals surface area (Å²) in [6, 6.07) is 3.50. The van der Waals surface area contributed by atoms with Gasteiger partial charge in [0.05, 0.1) is 43.9 Å². The predicted octanol–water partition coefficient (Wildman–Crippen LogP) is 9.31. The number of aliphatic carboxylic acids is 2. The molecule has 2 unspecified atom stereocenters. The molecule has 2 saturated heterocycles. The molecular formula is C44H64N2O8.